The Morgan fingerprint density at radius 1 is 0.603 bits per heavy atom. The molecule has 0 radical (unpaired) electrons. The minimum absolute atomic E-state index is 0.0377. The topological polar surface area (TPSA) is 421 Å². The Balaban J connectivity index is 1.44. The highest BCUT2D eigenvalue weighted by molar-refractivity contribution is 7.80. The highest BCUT2D eigenvalue weighted by atomic mass is 32.1. The second kappa shape index (κ2) is 32.0. The summed E-state index contributed by atoms with van der Waals surface area (Å²) in [5.41, 5.74) is 30.1. The van der Waals surface area contributed by atoms with Gasteiger partial charge in [0.2, 0.25) is 59.1 Å². The zero-order valence-corrected chi connectivity index (χ0v) is 44.6. The van der Waals surface area contributed by atoms with Crippen LogP contribution < -0.4 is 65.9 Å². The van der Waals surface area contributed by atoms with Gasteiger partial charge in [0.05, 0.1) is 12.6 Å². The molecule has 1 aliphatic rings. The van der Waals surface area contributed by atoms with Crippen molar-refractivity contribution in [3.05, 3.63) is 102 Å². The van der Waals surface area contributed by atoms with Crippen LogP contribution >= 0.6 is 25.3 Å². The van der Waals surface area contributed by atoms with E-state index in [0.717, 1.165) is 0 Å². The lowest BCUT2D eigenvalue weighted by atomic mass is 10.0. The number of benzene rings is 3. The smallest absolute Gasteiger partial charge is 0.246 e. The molecule has 0 bridgehead atoms. The number of hydrogen-bond acceptors (Lipinski definition) is 15. The molecule has 0 unspecified atom stereocenters. The van der Waals surface area contributed by atoms with E-state index in [2.05, 4.69) is 67.5 Å². The average Bonchev–Trinajstić information content (AvgIpc) is 3.91. The number of nitrogens with one attached hydrogen (secondary N) is 7. The first-order valence-electron chi connectivity index (χ1n) is 25.0. The van der Waals surface area contributed by atoms with Gasteiger partial charge in [0, 0.05) is 43.9 Å². The van der Waals surface area contributed by atoms with Gasteiger partial charge in [0.15, 0.2) is 5.96 Å². The quantitative estimate of drug-likeness (QED) is 0.0128. The van der Waals surface area contributed by atoms with Crippen molar-refractivity contribution in [1.29, 1.82) is 0 Å². The number of amides is 10. The summed E-state index contributed by atoms with van der Waals surface area (Å²) in [5.74, 6) is -8.48. The fourth-order valence-corrected chi connectivity index (χ4v) is 8.73. The number of aliphatic imine (C=N–C) groups is 1. The van der Waals surface area contributed by atoms with Crippen LogP contribution in [0.1, 0.15) is 55.2 Å². The summed E-state index contributed by atoms with van der Waals surface area (Å²) >= 11 is 8.51. The first kappa shape index (κ1) is 62.6. The van der Waals surface area contributed by atoms with Gasteiger partial charge in [-0.2, -0.15) is 25.3 Å². The number of nitrogens with zero attached hydrogens (tertiary/aromatic N) is 2. The van der Waals surface area contributed by atoms with Crippen molar-refractivity contribution in [2.45, 2.75) is 106 Å². The van der Waals surface area contributed by atoms with E-state index >= 15 is 0 Å². The molecular weight excluding hydrogens is 1050 g/mol. The molecule has 18 N–H and O–H groups in total. The molecule has 3 aromatic rings. The molecule has 0 saturated carbocycles. The van der Waals surface area contributed by atoms with Crippen molar-refractivity contribution in [3.63, 3.8) is 0 Å². The standard InChI is InChI=1S/C51H70N14O11S2/c52-33(23-31-15-17-32(66)18-16-31)44(70)63-38(27-77)45(71)58-26-42(68)59-37(25-30-11-5-2-6-12-30)48(74)64-39(28-78)50(76)65-22-8-14-40(65)49(75)61-35(19-20-41(53)67)47(73)60-34(13-7-21-57-51(55)56)46(72)62-36(43(54)69)24-29-9-3-1-4-10-29/h1-6,9-12,15-18,33-40,66,77-78H,7-8,13-14,19-28,52H2,(H2,53,67)(H2,54,69)(H,58,71)(H,59,68)(H,60,73)(H,61,75)(H,62,72)(H,63,70)(H,64,74)(H4,55,56,57)/t33-,34-,35-,36-,37-,38+,39+,40-/m0/s1. The lowest BCUT2D eigenvalue weighted by Gasteiger charge is -2.30. The monoisotopic (exact) mass is 1120 g/mol. The van der Waals surface area contributed by atoms with E-state index in [1.807, 2.05) is 0 Å². The molecule has 78 heavy (non-hydrogen) atoms. The van der Waals surface area contributed by atoms with Crippen LogP contribution in [0.5, 0.6) is 5.75 Å². The minimum Gasteiger partial charge on any atom is -0.508 e. The summed E-state index contributed by atoms with van der Waals surface area (Å²) in [6.07, 6.45) is -0.0141. The zero-order valence-electron chi connectivity index (χ0n) is 42.8. The van der Waals surface area contributed by atoms with E-state index in [9.17, 15) is 53.1 Å². The van der Waals surface area contributed by atoms with Crippen molar-refractivity contribution >= 4 is 90.3 Å². The molecule has 1 aliphatic heterocycles. The molecular formula is C51H70N14O11S2. The Morgan fingerprint density at radius 3 is 1.69 bits per heavy atom. The first-order valence-corrected chi connectivity index (χ1v) is 26.3. The summed E-state index contributed by atoms with van der Waals surface area (Å²) in [5, 5.41) is 27.5. The van der Waals surface area contributed by atoms with Gasteiger partial charge in [0.1, 0.15) is 48.0 Å². The van der Waals surface area contributed by atoms with Gasteiger partial charge in [-0.25, -0.2) is 0 Å². The molecule has 25 nitrogen and oxygen atoms in total. The summed E-state index contributed by atoms with van der Waals surface area (Å²) in [6, 6.07) is 13.4. The molecule has 1 saturated heterocycles. The maximum Gasteiger partial charge on any atom is 0.246 e. The number of nitrogens with two attached hydrogens (primary N) is 5. The Labute approximate surface area is 462 Å². The Kier molecular flexibility index (Phi) is 25.7. The Bertz CT molecular complexity index is 2580. The number of phenolic OH excluding ortho intramolecular Hbond substituents is 1. The van der Waals surface area contributed by atoms with Gasteiger partial charge in [-0.3, -0.25) is 52.9 Å². The molecule has 8 atom stereocenters. The second-order valence-corrected chi connectivity index (χ2v) is 19.1. The average molecular weight is 1120 g/mol. The van der Waals surface area contributed by atoms with Crippen molar-refractivity contribution in [2.24, 2.45) is 33.7 Å². The predicted molar refractivity (Wildman–Crippen MR) is 295 cm³/mol. The number of hydrogen-bond donors (Lipinski definition) is 15. The minimum atomic E-state index is -1.47. The molecule has 1 fully saturated rings. The Hall–Kier alpha value is -7.91. The maximum absolute atomic E-state index is 14.2. The molecule has 10 amide bonds. The van der Waals surface area contributed by atoms with E-state index in [-0.39, 0.29) is 87.7 Å². The highest BCUT2D eigenvalue weighted by Gasteiger charge is 2.40. The van der Waals surface area contributed by atoms with Crippen LogP contribution in [0.2, 0.25) is 0 Å². The van der Waals surface area contributed by atoms with E-state index in [1.165, 1.54) is 17.0 Å². The second-order valence-electron chi connectivity index (χ2n) is 18.4. The van der Waals surface area contributed by atoms with Gasteiger partial charge in [-0.15, -0.1) is 0 Å². The number of guanidine groups is 1. The van der Waals surface area contributed by atoms with Crippen LogP contribution in [0.4, 0.5) is 0 Å². The Morgan fingerprint density at radius 2 is 1.13 bits per heavy atom. The lowest BCUT2D eigenvalue weighted by Crippen LogP contribution is -2.60. The molecule has 1 heterocycles. The highest BCUT2D eigenvalue weighted by Crippen LogP contribution is 2.20. The number of phenols is 1. The van der Waals surface area contributed by atoms with Crippen LogP contribution in [0.15, 0.2) is 89.9 Å². The van der Waals surface area contributed by atoms with Crippen molar-refractivity contribution in [2.75, 3.05) is 31.1 Å². The van der Waals surface area contributed by atoms with Gasteiger partial charge in [-0.1, -0.05) is 72.8 Å². The largest absolute Gasteiger partial charge is 0.508 e. The summed E-state index contributed by atoms with van der Waals surface area (Å²) < 4.78 is 0. The lowest BCUT2D eigenvalue weighted by molar-refractivity contribution is -0.142. The van der Waals surface area contributed by atoms with Crippen molar-refractivity contribution in [1.82, 2.24) is 42.1 Å². The number of carbonyl (C=O) groups is 10. The number of likely N-dealkylation sites (tertiary alicyclic amines) is 1. The molecule has 0 aromatic heterocycles. The summed E-state index contributed by atoms with van der Waals surface area (Å²) in [4.78, 5) is 139. The number of primary amides is 2. The number of thiol groups is 2. The molecule has 27 heteroatoms. The maximum atomic E-state index is 14.2. The van der Waals surface area contributed by atoms with Crippen LogP contribution in [0.25, 0.3) is 0 Å². The number of carbonyl (C=O) groups excluding carboxylic acids is 10. The van der Waals surface area contributed by atoms with Crippen molar-refractivity contribution < 1.29 is 53.1 Å². The third-order valence-electron chi connectivity index (χ3n) is 12.4. The van der Waals surface area contributed by atoms with Gasteiger partial charge >= 0.3 is 0 Å². The van der Waals surface area contributed by atoms with E-state index in [0.29, 0.717) is 23.1 Å². The molecule has 0 aliphatic carbocycles. The van der Waals surface area contributed by atoms with Crippen molar-refractivity contribution in [3.8, 4) is 5.75 Å². The molecule has 3 aromatic carbocycles. The fourth-order valence-electron chi connectivity index (χ4n) is 8.22. The predicted octanol–water partition coefficient (Wildman–Crippen LogP) is -3.57. The van der Waals surface area contributed by atoms with E-state index in [1.54, 1.807) is 72.8 Å². The molecule has 422 valence electrons. The van der Waals surface area contributed by atoms with Crippen LogP contribution in [-0.4, -0.2) is 155 Å². The zero-order chi connectivity index (χ0) is 57.3. The van der Waals surface area contributed by atoms with Gasteiger partial charge in [-0.05, 0) is 67.3 Å². The summed E-state index contributed by atoms with van der Waals surface area (Å²) in [6.45, 7) is -0.510. The molecule has 4 rings (SSSR count). The SMILES string of the molecule is NC(=O)CC[C@H](NC(=O)[C@@H]1CCCN1C(=O)[C@@H](CS)NC(=O)[C@H](Cc1ccccc1)NC(=O)CNC(=O)[C@@H](CS)NC(=O)[C@@H](N)Cc1ccc(O)cc1)C(=O)N[C@@H](CCCN=C(N)N)C(=O)N[C@@H](Cc1ccccc1)C(N)=O. The van der Waals surface area contributed by atoms with Gasteiger partial charge in [0.25, 0.3) is 0 Å². The van der Waals surface area contributed by atoms with E-state index < -0.39 is 114 Å². The normalized spacial score (nSPS) is 15.5. The van der Waals surface area contributed by atoms with E-state index in [4.69, 9.17) is 28.7 Å². The van der Waals surface area contributed by atoms with Crippen LogP contribution in [0.3, 0.4) is 0 Å². The van der Waals surface area contributed by atoms with Crippen LogP contribution in [-0.2, 0) is 67.2 Å². The molecule has 0 spiro atoms. The number of aromatic hydroxyl groups is 1. The summed E-state index contributed by atoms with van der Waals surface area (Å²) in [7, 11) is 0. The van der Waals surface area contributed by atoms with Gasteiger partial charge < -0.3 is 75.9 Å². The fraction of sp³-hybridized carbons (Fsp3) is 0.431. The first-order chi connectivity index (χ1) is 37.2. The third kappa shape index (κ3) is 20.9. The number of rotatable bonds is 31. The van der Waals surface area contributed by atoms with Crippen LogP contribution in [0, 0.1) is 0 Å². The third-order valence-corrected chi connectivity index (χ3v) is 13.1.